The Morgan fingerprint density at radius 3 is 2.12 bits per heavy atom. The van der Waals surface area contributed by atoms with Gasteiger partial charge >= 0.3 is 0 Å². The van der Waals surface area contributed by atoms with Crippen LogP contribution in [0.25, 0.3) is 0 Å². The number of hydrogen-bond acceptors (Lipinski definition) is 3. The molecule has 0 spiro atoms. The van der Waals surface area contributed by atoms with E-state index in [9.17, 15) is 0 Å². The van der Waals surface area contributed by atoms with Crippen LogP contribution in [0, 0.1) is 0 Å². The standard InChI is InChI=1S/C10H15N3.2C2H6/c1-9(2)8-13(11-3)10-6-4-5-7-12-10;2*1-2/h4-8,11H,1-3H3;2*1-2H3. The number of aromatic nitrogens is 1. The third-order valence-corrected chi connectivity index (χ3v) is 1.52. The topological polar surface area (TPSA) is 28.2 Å². The highest BCUT2D eigenvalue weighted by Gasteiger charge is 1.99. The van der Waals surface area contributed by atoms with Crippen molar-refractivity contribution in [1.82, 2.24) is 10.4 Å². The fourth-order valence-corrected chi connectivity index (χ4v) is 1.000. The van der Waals surface area contributed by atoms with Crippen LogP contribution >= 0.6 is 0 Å². The highest BCUT2D eigenvalue weighted by Crippen LogP contribution is 2.07. The molecule has 0 amide bonds. The number of nitrogens with zero attached hydrogens (tertiary/aromatic N) is 2. The summed E-state index contributed by atoms with van der Waals surface area (Å²) in [5.74, 6) is 0.895. The quantitative estimate of drug-likeness (QED) is 0.805. The van der Waals surface area contributed by atoms with E-state index in [1.807, 2.05) is 78.0 Å². The second-order valence-corrected chi connectivity index (χ2v) is 2.99. The molecule has 0 aromatic carbocycles. The summed E-state index contributed by atoms with van der Waals surface area (Å²) in [4.78, 5) is 4.22. The Hall–Kier alpha value is -1.35. The van der Waals surface area contributed by atoms with E-state index in [0.29, 0.717) is 0 Å². The normalized spacial score (nSPS) is 7.94. The first-order valence-corrected chi connectivity index (χ1v) is 6.26. The molecule has 0 aliphatic carbocycles. The van der Waals surface area contributed by atoms with E-state index in [1.54, 1.807) is 6.20 Å². The summed E-state index contributed by atoms with van der Waals surface area (Å²) in [6, 6.07) is 5.82. The van der Waals surface area contributed by atoms with Crippen molar-refractivity contribution in [2.24, 2.45) is 0 Å². The Morgan fingerprint density at radius 1 is 1.18 bits per heavy atom. The van der Waals surface area contributed by atoms with Gasteiger partial charge in [0, 0.05) is 19.4 Å². The molecule has 1 N–H and O–H groups in total. The molecule has 3 nitrogen and oxygen atoms in total. The molecule has 0 unspecified atom stereocenters. The largest absolute Gasteiger partial charge is 0.267 e. The molecule has 0 bridgehead atoms. The predicted octanol–water partition coefficient (Wildman–Crippen LogP) is 4.00. The van der Waals surface area contributed by atoms with Crippen LogP contribution in [0.5, 0.6) is 0 Å². The van der Waals surface area contributed by atoms with Crippen molar-refractivity contribution in [3.63, 3.8) is 0 Å². The second-order valence-electron chi connectivity index (χ2n) is 2.99. The van der Waals surface area contributed by atoms with Crippen molar-refractivity contribution >= 4 is 5.82 Å². The Morgan fingerprint density at radius 2 is 1.76 bits per heavy atom. The average Bonchev–Trinajstić information content (AvgIpc) is 2.41. The monoisotopic (exact) mass is 237 g/mol. The molecule has 0 saturated heterocycles. The number of hydrazine groups is 1. The Balaban J connectivity index is 0. The van der Waals surface area contributed by atoms with E-state index in [2.05, 4.69) is 10.4 Å². The fourth-order valence-electron chi connectivity index (χ4n) is 1.000. The molecule has 17 heavy (non-hydrogen) atoms. The summed E-state index contributed by atoms with van der Waals surface area (Å²) >= 11 is 0. The van der Waals surface area contributed by atoms with Crippen LogP contribution in [0.2, 0.25) is 0 Å². The molecule has 0 aliphatic heterocycles. The van der Waals surface area contributed by atoms with Crippen LogP contribution in [0.4, 0.5) is 5.82 Å². The molecule has 1 aromatic heterocycles. The third kappa shape index (κ3) is 8.46. The van der Waals surface area contributed by atoms with E-state index >= 15 is 0 Å². The minimum atomic E-state index is 0.895. The maximum Gasteiger partial charge on any atom is 0.146 e. The highest BCUT2D eigenvalue weighted by molar-refractivity contribution is 5.40. The third-order valence-electron chi connectivity index (χ3n) is 1.52. The summed E-state index contributed by atoms with van der Waals surface area (Å²) in [6.07, 6.45) is 3.78. The summed E-state index contributed by atoms with van der Waals surface area (Å²) in [7, 11) is 1.87. The van der Waals surface area contributed by atoms with Crippen molar-refractivity contribution in [2.75, 3.05) is 12.1 Å². The van der Waals surface area contributed by atoms with Gasteiger partial charge in [0.15, 0.2) is 0 Å². The molecular weight excluding hydrogens is 210 g/mol. The zero-order chi connectivity index (χ0) is 13.7. The number of anilines is 1. The summed E-state index contributed by atoms with van der Waals surface area (Å²) in [5, 5.41) is 1.88. The zero-order valence-electron chi connectivity index (χ0n) is 12.3. The molecule has 0 fully saturated rings. The average molecular weight is 237 g/mol. The van der Waals surface area contributed by atoms with Crippen LogP contribution in [0.15, 0.2) is 36.2 Å². The number of nitrogens with one attached hydrogen (secondary N) is 1. The summed E-state index contributed by atoms with van der Waals surface area (Å²) in [5.41, 5.74) is 4.27. The molecule has 0 aliphatic rings. The van der Waals surface area contributed by atoms with Gasteiger partial charge in [-0.1, -0.05) is 39.3 Å². The van der Waals surface area contributed by atoms with Gasteiger partial charge in [0.25, 0.3) is 0 Å². The van der Waals surface area contributed by atoms with Crippen LogP contribution in [0.1, 0.15) is 41.5 Å². The molecule has 1 aromatic rings. The molecule has 0 atom stereocenters. The summed E-state index contributed by atoms with van der Waals surface area (Å²) in [6.45, 7) is 12.1. The SMILES string of the molecule is CC.CC.CNN(C=C(C)C)c1ccccn1. The molecular formula is C14H27N3. The minimum Gasteiger partial charge on any atom is -0.267 e. The van der Waals surface area contributed by atoms with Crippen molar-refractivity contribution in [1.29, 1.82) is 0 Å². The minimum absolute atomic E-state index is 0.895. The second kappa shape index (κ2) is 12.7. The lowest BCUT2D eigenvalue weighted by Crippen LogP contribution is -2.30. The first kappa shape index (κ1) is 18.0. The fraction of sp³-hybridized carbons (Fsp3) is 0.500. The van der Waals surface area contributed by atoms with Gasteiger partial charge in [0.2, 0.25) is 0 Å². The number of allylic oxidation sites excluding steroid dienone is 1. The molecule has 1 rings (SSSR count). The maximum absolute atomic E-state index is 4.22. The molecule has 1 heterocycles. The lowest BCUT2D eigenvalue weighted by atomic mass is 10.4. The van der Waals surface area contributed by atoms with Gasteiger partial charge in [-0.15, -0.1) is 0 Å². The molecule has 0 radical (unpaired) electrons. The number of rotatable bonds is 3. The van der Waals surface area contributed by atoms with E-state index in [0.717, 1.165) is 5.82 Å². The Kier molecular flexibility index (Phi) is 13.5. The van der Waals surface area contributed by atoms with E-state index in [4.69, 9.17) is 0 Å². The predicted molar refractivity (Wildman–Crippen MR) is 77.9 cm³/mol. The van der Waals surface area contributed by atoms with E-state index < -0.39 is 0 Å². The van der Waals surface area contributed by atoms with Gasteiger partial charge in [0.1, 0.15) is 5.82 Å². The van der Waals surface area contributed by atoms with E-state index in [-0.39, 0.29) is 0 Å². The smallest absolute Gasteiger partial charge is 0.146 e. The van der Waals surface area contributed by atoms with Crippen LogP contribution in [-0.2, 0) is 0 Å². The maximum atomic E-state index is 4.22. The molecule has 0 saturated carbocycles. The van der Waals surface area contributed by atoms with Crippen molar-refractivity contribution < 1.29 is 0 Å². The highest BCUT2D eigenvalue weighted by atomic mass is 15.5. The Bertz CT molecular complexity index is 277. The Labute approximate surface area is 107 Å². The van der Waals surface area contributed by atoms with Gasteiger partial charge in [-0.25, -0.2) is 10.4 Å². The van der Waals surface area contributed by atoms with Crippen LogP contribution < -0.4 is 10.4 Å². The van der Waals surface area contributed by atoms with Gasteiger partial charge in [-0.05, 0) is 26.0 Å². The lowest BCUT2D eigenvalue weighted by molar-refractivity contribution is 0.805. The van der Waals surface area contributed by atoms with Crippen molar-refractivity contribution in [3.8, 4) is 0 Å². The first-order chi connectivity index (χ1) is 8.24. The molecule has 98 valence electrons. The van der Waals surface area contributed by atoms with E-state index in [1.165, 1.54) is 5.57 Å². The number of hydrogen-bond donors (Lipinski definition) is 1. The van der Waals surface area contributed by atoms with Gasteiger partial charge in [-0.2, -0.15) is 0 Å². The van der Waals surface area contributed by atoms with Crippen LogP contribution in [-0.4, -0.2) is 12.0 Å². The lowest BCUT2D eigenvalue weighted by Gasteiger charge is -2.17. The first-order valence-electron chi connectivity index (χ1n) is 6.26. The number of pyridine rings is 1. The van der Waals surface area contributed by atoms with Gasteiger partial charge < -0.3 is 0 Å². The van der Waals surface area contributed by atoms with Crippen LogP contribution in [0.3, 0.4) is 0 Å². The van der Waals surface area contributed by atoms with Crippen molar-refractivity contribution in [3.05, 3.63) is 36.2 Å². The molecule has 3 heteroatoms. The zero-order valence-corrected chi connectivity index (χ0v) is 12.3. The van der Waals surface area contributed by atoms with Gasteiger partial charge in [0.05, 0.1) is 0 Å². The van der Waals surface area contributed by atoms with Gasteiger partial charge in [-0.3, -0.25) is 5.01 Å². The summed E-state index contributed by atoms with van der Waals surface area (Å²) < 4.78 is 0. The van der Waals surface area contributed by atoms with Crippen molar-refractivity contribution in [2.45, 2.75) is 41.5 Å².